The molecule has 0 fully saturated rings. The van der Waals surface area contributed by atoms with Crippen molar-refractivity contribution in [2.75, 3.05) is 0 Å². The van der Waals surface area contributed by atoms with Crippen molar-refractivity contribution in [1.82, 2.24) is 0 Å². The van der Waals surface area contributed by atoms with Crippen LogP contribution in [0.1, 0.15) is 89.5 Å². The zero-order valence-corrected chi connectivity index (χ0v) is 26.0. The highest BCUT2D eigenvalue weighted by Gasteiger charge is 2.42. The third-order valence-corrected chi connectivity index (χ3v) is 8.25. The molecule has 4 aromatic rings. The molecule has 7 nitrogen and oxygen atoms in total. The smallest absolute Gasteiger partial charge is 0.163 e. The van der Waals surface area contributed by atoms with Crippen molar-refractivity contribution in [3.05, 3.63) is 143 Å². The van der Waals surface area contributed by atoms with E-state index in [9.17, 15) is 24.0 Å². The lowest BCUT2D eigenvalue weighted by Gasteiger charge is -2.34. The van der Waals surface area contributed by atoms with Gasteiger partial charge in [0.2, 0.25) is 0 Å². The molecule has 0 aliphatic heterocycles. The van der Waals surface area contributed by atoms with Gasteiger partial charge < -0.3 is 0 Å². The van der Waals surface area contributed by atoms with Crippen LogP contribution in [0.4, 0.5) is 0 Å². The van der Waals surface area contributed by atoms with Crippen LogP contribution in [-0.4, -0.2) is 28.9 Å². The number of benzene rings is 4. The van der Waals surface area contributed by atoms with Crippen molar-refractivity contribution in [2.24, 2.45) is 0 Å². The summed E-state index contributed by atoms with van der Waals surface area (Å²) in [6, 6.07) is 36.5. The standard InChI is InChI=1S/C40H34N2O5/c41-27-30-17-16-29(26-31(30)28-42)38(46)24-22-36(44)20-18-35(43)19-21-37(45)23-25-39(47)40(32-10-4-1-5-11-32,33-12-6-2-7-13-33)34-14-8-3-9-15-34/h1-17,26H,18-25H2. The molecule has 0 aliphatic carbocycles. The first kappa shape index (κ1) is 34.1. The molecule has 0 amide bonds. The van der Waals surface area contributed by atoms with Gasteiger partial charge in [0.25, 0.3) is 0 Å². The largest absolute Gasteiger partial charge is 0.300 e. The highest BCUT2D eigenvalue weighted by molar-refractivity contribution is 6.00. The fourth-order valence-corrected chi connectivity index (χ4v) is 5.73. The fourth-order valence-electron chi connectivity index (χ4n) is 5.73. The van der Waals surface area contributed by atoms with Crippen LogP contribution in [-0.2, 0) is 24.6 Å². The first-order chi connectivity index (χ1) is 22.8. The van der Waals surface area contributed by atoms with Crippen molar-refractivity contribution in [1.29, 1.82) is 10.5 Å². The third-order valence-electron chi connectivity index (χ3n) is 8.25. The van der Waals surface area contributed by atoms with Gasteiger partial charge in [-0.3, -0.25) is 24.0 Å². The van der Waals surface area contributed by atoms with Crippen LogP contribution in [0.5, 0.6) is 0 Å². The minimum absolute atomic E-state index is 0.00663. The molecule has 0 saturated heterocycles. The van der Waals surface area contributed by atoms with Gasteiger partial charge in [0.05, 0.1) is 11.1 Å². The second-order valence-corrected chi connectivity index (χ2v) is 11.3. The Morgan fingerprint density at radius 2 is 0.851 bits per heavy atom. The van der Waals surface area contributed by atoms with Crippen LogP contribution in [0.25, 0.3) is 0 Å². The number of nitrogens with zero attached hydrogens (tertiary/aromatic N) is 2. The van der Waals surface area contributed by atoms with Crippen molar-refractivity contribution in [3.63, 3.8) is 0 Å². The number of Topliss-reactive ketones (excluding diaryl/α,β-unsaturated/α-hetero) is 5. The van der Waals surface area contributed by atoms with Gasteiger partial charge in [-0.25, -0.2) is 0 Å². The highest BCUT2D eigenvalue weighted by Crippen LogP contribution is 2.41. The summed E-state index contributed by atoms with van der Waals surface area (Å²) in [5.74, 6) is -1.14. The predicted octanol–water partition coefficient (Wildman–Crippen LogP) is 7.04. The number of carbonyl (C=O) groups excluding carboxylic acids is 5. The summed E-state index contributed by atoms with van der Waals surface area (Å²) in [6.07, 6.45) is -0.265. The van der Waals surface area contributed by atoms with Crippen LogP contribution >= 0.6 is 0 Å². The predicted molar refractivity (Wildman–Crippen MR) is 176 cm³/mol. The van der Waals surface area contributed by atoms with Gasteiger partial charge in [-0.15, -0.1) is 0 Å². The Hall–Kier alpha value is -5.79. The lowest BCUT2D eigenvalue weighted by molar-refractivity contribution is -0.127. The van der Waals surface area contributed by atoms with Gasteiger partial charge >= 0.3 is 0 Å². The summed E-state index contributed by atoms with van der Waals surface area (Å²) in [6.45, 7) is 0. The van der Waals surface area contributed by atoms with Crippen LogP contribution in [0.15, 0.2) is 109 Å². The van der Waals surface area contributed by atoms with Gasteiger partial charge in [-0.2, -0.15) is 10.5 Å². The van der Waals surface area contributed by atoms with E-state index in [0.29, 0.717) is 0 Å². The molecule has 0 bridgehead atoms. The lowest BCUT2D eigenvalue weighted by atomic mass is 9.65. The second kappa shape index (κ2) is 16.5. The second-order valence-electron chi connectivity index (χ2n) is 11.3. The Kier molecular flexibility index (Phi) is 12.0. The maximum absolute atomic E-state index is 14.2. The summed E-state index contributed by atoms with van der Waals surface area (Å²) in [5.41, 5.74) is 1.82. The van der Waals surface area contributed by atoms with Crippen LogP contribution in [0.3, 0.4) is 0 Å². The molecule has 47 heavy (non-hydrogen) atoms. The first-order valence-corrected chi connectivity index (χ1v) is 15.5. The molecular weight excluding hydrogens is 588 g/mol. The maximum Gasteiger partial charge on any atom is 0.163 e. The molecule has 0 unspecified atom stereocenters. The molecule has 0 atom stereocenters. The third kappa shape index (κ3) is 8.48. The average molecular weight is 623 g/mol. The van der Waals surface area contributed by atoms with Crippen molar-refractivity contribution < 1.29 is 24.0 Å². The summed E-state index contributed by atoms with van der Waals surface area (Å²) >= 11 is 0. The van der Waals surface area contributed by atoms with Gasteiger partial charge in [-0.1, -0.05) is 97.1 Å². The summed E-state index contributed by atoms with van der Waals surface area (Å²) in [5, 5.41) is 18.2. The van der Waals surface area contributed by atoms with E-state index in [-0.39, 0.29) is 97.0 Å². The van der Waals surface area contributed by atoms with Gasteiger partial charge in [-0.05, 0) is 28.8 Å². The molecule has 4 aromatic carbocycles. The lowest BCUT2D eigenvalue weighted by Crippen LogP contribution is -2.38. The van der Waals surface area contributed by atoms with Crippen LogP contribution < -0.4 is 0 Å². The Bertz CT molecular complexity index is 1740. The fraction of sp³-hybridized carbons (Fsp3) is 0.225. The summed E-state index contributed by atoms with van der Waals surface area (Å²) in [7, 11) is 0. The Labute approximate surface area is 274 Å². The van der Waals surface area contributed by atoms with Crippen molar-refractivity contribution in [2.45, 2.75) is 56.8 Å². The topological polar surface area (TPSA) is 133 Å². The molecule has 0 saturated carbocycles. The van der Waals surface area contributed by atoms with E-state index < -0.39 is 5.41 Å². The molecule has 4 rings (SSSR count). The zero-order valence-electron chi connectivity index (χ0n) is 26.0. The molecule has 7 heteroatoms. The number of hydrogen-bond donors (Lipinski definition) is 0. The van der Waals surface area contributed by atoms with Crippen LogP contribution in [0.2, 0.25) is 0 Å². The van der Waals surface area contributed by atoms with Crippen molar-refractivity contribution in [3.8, 4) is 12.1 Å². The van der Waals surface area contributed by atoms with E-state index in [1.54, 1.807) is 0 Å². The van der Waals surface area contributed by atoms with Gasteiger partial charge in [0, 0.05) is 56.9 Å². The van der Waals surface area contributed by atoms with Crippen molar-refractivity contribution >= 4 is 28.9 Å². The van der Waals surface area contributed by atoms with E-state index in [4.69, 9.17) is 10.5 Å². The number of ketones is 5. The van der Waals surface area contributed by atoms with E-state index in [2.05, 4.69) is 0 Å². The Morgan fingerprint density at radius 3 is 1.26 bits per heavy atom. The summed E-state index contributed by atoms with van der Waals surface area (Å²) < 4.78 is 0. The number of nitriles is 2. The molecule has 0 aliphatic rings. The highest BCUT2D eigenvalue weighted by atomic mass is 16.1. The van der Waals surface area contributed by atoms with Gasteiger partial charge in [0.1, 0.15) is 34.9 Å². The van der Waals surface area contributed by atoms with E-state index in [1.807, 2.05) is 103 Å². The normalized spacial score (nSPS) is 10.8. The molecule has 0 heterocycles. The van der Waals surface area contributed by atoms with Crippen LogP contribution in [0, 0.1) is 22.7 Å². The minimum Gasteiger partial charge on any atom is -0.300 e. The maximum atomic E-state index is 14.2. The molecule has 0 aromatic heterocycles. The van der Waals surface area contributed by atoms with E-state index >= 15 is 0 Å². The summed E-state index contributed by atoms with van der Waals surface area (Å²) in [4.78, 5) is 64.5. The number of carbonyl (C=O) groups is 5. The zero-order chi connectivity index (χ0) is 33.6. The minimum atomic E-state index is -1.11. The van der Waals surface area contributed by atoms with E-state index in [0.717, 1.165) is 16.7 Å². The number of hydrogen-bond acceptors (Lipinski definition) is 7. The monoisotopic (exact) mass is 622 g/mol. The van der Waals surface area contributed by atoms with E-state index in [1.165, 1.54) is 18.2 Å². The molecule has 0 spiro atoms. The quantitative estimate of drug-likeness (QED) is 0.0910. The first-order valence-electron chi connectivity index (χ1n) is 15.5. The number of rotatable bonds is 17. The SMILES string of the molecule is N#Cc1ccc(C(=O)CCC(=O)CCC(=O)CCC(=O)CCC(=O)C(c2ccccc2)(c2ccccc2)c2ccccc2)cc1C#N. The average Bonchev–Trinajstić information content (AvgIpc) is 3.12. The molecule has 0 radical (unpaired) electrons. The Balaban J connectivity index is 1.30. The molecule has 234 valence electrons. The molecular formula is C40H34N2O5. The van der Waals surface area contributed by atoms with Gasteiger partial charge in [0.15, 0.2) is 11.6 Å². The Morgan fingerprint density at radius 1 is 0.468 bits per heavy atom. The molecule has 0 N–H and O–H groups in total.